The van der Waals surface area contributed by atoms with Gasteiger partial charge < -0.3 is 10.2 Å². The molecule has 2 nitrogen and oxygen atoms in total. The Bertz CT molecular complexity index is 397. The van der Waals surface area contributed by atoms with Crippen LogP contribution in [0.15, 0.2) is 30.4 Å². The average molecular weight is 232 g/mol. The number of benzene rings is 1. The van der Waals surface area contributed by atoms with Crippen molar-refractivity contribution in [3.63, 3.8) is 0 Å². The summed E-state index contributed by atoms with van der Waals surface area (Å²) in [6, 6.07) is 4.90. The minimum absolute atomic E-state index is 0.0734. The number of phenols is 2. The molecule has 0 aliphatic heterocycles. The fourth-order valence-electron chi connectivity index (χ4n) is 2.20. The molecule has 1 aromatic rings. The van der Waals surface area contributed by atoms with Crippen molar-refractivity contribution in [3.8, 4) is 11.5 Å². The first-order chi connectivity index (χ1) is 8.16. The summed E-state index contributed by atoms with van der Waals surface area (Å²) in [7, 11) is 0. The summed E-state index contributed by atoms with van der Waals surface area (Å²) in [4.78, 5) is 0. The Morgan fingerprint density at radius 2 is 1.82 bits per heavy atom. The predicted octanol–water partition coefficient (Wildman–Crippen LogP) is 3.88. The molecular formula is C15H20O2. The Morgan fingerprint density at radius 3 is 2.35 bits per heavy atom. The van der Waals surface area contributed by atoms with E-state index in [0.717, 1.165) is 24.8 Å². The predicted molar refractivity (Wildman–Crippen MR) is 69.3 cm³/mol. The first-order valence-electron chi connectivity index (χ1n) is 6.37. The van der Waals surface area contributed by atoms with Crippen molar-refractivity contribution in [1.82, 2.24) is 0 Å². The van der Waals surface area contributed by atoms with E-state index in [4.69, 9.17) is 0 Å². The molecule has 0 aromatic heterocycles. The summed E-state index contributed by atoms with van der Waals surface area (Å²) < 4.78 is 0. The van der Waals surface area contributed by atoms with Crippen molar-refractivity contribution < 1.29 is 10.2 Å². The molecule has 0 unspecified atom stereocenters. The number of hydrogen-bond donors (Lipinski definition) is 2. The molecule has 1 fully saturated rings. The number of phenolic OH excluding ortho intramolecular Hbond substituents is 2. The monoisotopic (exact) mass is 232 g/mol. The van der Waals surface area contributed by atoms with Crippen LogP contribution in [-0.4, -0.2) is 10.2 Å². The van der Waals surface area contributed by atoms with Crippen molar-refractivity contribution >= 4 is 0 Å². The zero-order valence-corrected chi connectivity index (χ0v) is 10.3. The van der Waals surface area contributed by atoms with Crippen molar-refractivity contribution in [2.45, 2.75) is 44.4 Å². The summed E-state index contributed by atoms with van der Waals surface area (Å²) in [5.74, 6) is 0.293. The molecule has 2 heteroatoms. The summed E-state index contributed by atoms with van der Waals surface area (Å²) in [6.45, 7) is 2.19. The van der Waals surface area contributed by atoms with Crippen LogP contribution in [-0.2, 0) is 5.41 Å². The summed E-state index contributed by atoms with van der Waals surface area (Å²) in [5.41, 5.74) is 1.10. The van der Waals surface area contributed by atoms with E-state index in [0.29, 0.717) is 0 Å². The summed E-state index contributed by atoms with van der Waals surface area (Å²) >= 11 is 0. The molecule has 0 saturated heterocycles. The van der Waals surface area contributed by atoms with E-state index < -0.39 is 0 Å². The molecule has 0 bridgehead atoms. The van der Waals surface area contributed by atoms with E-state index in [1.807, 2.05) is 0 Å². The molecule has 17 heavy (non-hydrogen) atoms. The van der Waals surface area contributed by atoms with Gasteiger partial charge in [-0.25, -0.2) is 0 Å². The first kappa shape index (κ1) is 12.0. The molecule has 0 spiro atoms. The van der Waals surface area contributed by atoms with Gasteiger partial charge in [0.25, 0.3) is 0 Å². The summed E-state index contributed by atoms with van der Waals surface area (Å²) in [6.07, 6.45) is 10.2. The fraction of sp³-hybridized carbons (Fsp3) is 0.467. The minimum atomic E-state index is 0.0734. The highest BCUT2D eigenvalue weighted by molar-refractivity contribution is 5.45. The average Bonchev–Trinajstić information content (AvgIpc) is 3.04. The normalized spacial score (nSPS) is 17.5. The van der Waals surface area contributed by atoms with Crippen LogP contribution >= 0.6 is 0 Å². The smallest absolute Gasteiger partial charge is 0.119 e. The number of hydrogen-bond acceptors (Lipinski definition) is 2. The van der Waals surface area contributed by atoms with Crippen molar-refractivity contribution in [3.05, 3.63) is 35.9 Å². The van der Waals surface area contributed by atoms with Gasteiger partial charge in [0.15, 0.2) is 0 Å². The number of rotatable bonds is 5. The SMILES string of the molecule is CCCC/C=C\C1(c2cc(O)cc(O)c2)CC1. The van der Waals surface area contributed by atoms with E-state index in [2.05, 4.69) is 19.1 Å². The van der Waals surface area contributed by atoms with Gasteiger partial charge in [0, 0.05) is 11.5 Å². The highest BCUT2D eigenvalue weighted by Gasteiger charge is 2.42. The van der Waals surface area contributed by atoms with Crippen molar-refractivity contribution in [2.24, 2.45) is 0 Å². The van der Waals surface area contributed by atoms with Gasteiger partial charge in [0.2, 0.25) is 0 Å². The van der Waals surface area contributed by atoms with E-state index in [9.17, 15) is 10.2 Å². The number of aromatic hydroxyl groups is 2. The Morgan fingerprint density at radius 1 is 1.18 bits per heavy atom. The zero-order chi connectivity index (χ0) is 12.3. The standard InChI is InChI=1S/C15H20O2/c1-2-3-4-5-6-15(7-8-15)12-9-13(16)11-14(17)10-12/h5-6,9-11,16-17H,2-4,7-8H2,1H3/b6-5-. The van der Waals surface area contributed by atoms with Gasteiger partial charge >= 0.3 is 0 Å². The van der Waals surface area contributed by atoms with E-state index in [1.54, 1.807) is 12.1 Å². The van der Waals surface area contributed by atoms with Crippen LogP contribution in [0.25, 0.3) is 0 Å². The molecule has 1 aliphatic rings. The fourth-order valence-corrected chi connectivity index (χ4v) is 2.20. The number of allylic oxidation sites excluding steroid dienone is 2. The maximum atomic E-state index is 9.51. The van der Waals surface area contributed by atoms with Gasteiger partial charge in [-0.1, -0.05) is 31.9 Å². The van der Waals surface area contributed by atoms with Crippen molar-refractivity contribution in [2.75, 3.05) is 0 Å². The van der Waals surface area contributed by atoms with Crippen LogP contribution in [0.3, 0.4) is 0 Å². The van der Waals surface area contributed by atoms with Crippen LogP contribution in [0.4, 0.5) is 0 Å². The molecule has 0 heterocycles. The lowest BCUT2D eigenvalue weighted by molar-refractivity contribution is 0.448. The zero-order valence-electron chi connectivity index (χ0n) is 10.3. The largest absolute Gasteiger partial charge is 0.508 e. The van der Waals surface area contributed by atoms with Gasteiger partial charge in [-0.05, 0) is 37.0 Å². The van der Waals surface area contributed by atoms with Crippen LogP contribution in [0.2, 0.25) is 0 Å². The maximum absolute atomic E-state index is 9.51. The molecule has 2 N–H and O–H groups in total. The number of unbranched alkanes of at least 4 members (excludes halogenated alkanes) is 2. The van der Waals surface area contributed by atoms with E-state index in [-0.39, 0.29) is 16.9 Å². The van der Waals surface area contributed by atoms with Gasteiger partial charge in [0.05, 0.1) is 0 Å². The molecule has 0 amide bonds. The molecule has 1 aliphatic carbocycles. The minimum Gasteiger partial charge on any atom is -0.508 e. The quantitative estimate of drug-likeness (QED) is 0.597. The third-order valence-corrected chi connectivity index (χ3v) is 3.43. The maximum Gasteiger partial charge on any atom is 0.119 e. The van der Waals surface area contributed by atoms with Crippen LogP contribution < -0.4 is 0 Å². The lowest BCUT2D eigenvalue weighted by Gasteiger charge is -2.11. The van der Waals surface area contributed by atoms with Crippen LogP contribution in [0.5, 0.6) is 11.5 Å². The molecule has 92 valence electrons. The lowest BCUT2D eigenvalue weighted by atomic mass is 9.94. The van der Waals surface area contributed by atoms with Gasteiger partial charge in [-0.15, -0.1) is 0 Å². The Labute approximate surface area is 103 Å². The van der Waals surface area contributed by atoms with Crippen LogP contribution in [0.1, 0.15) is 44.6 Å². The summed E-state index contributed by atoms with van der Waals surface area (Å²) in [5, 5.41) is 19.0. The molecular weight excluding hydrogens is 212 g/mol. The molecule has 0 atom stereocenters. The topological polar surface area (TPSA) is 40.5 Å². The highest BCUT2D eigenvalue weighted by Crippen LogP contribution is 2.50. The Balaban J connectivity index is 2.12. The van der Waals surface area contributed by atoms with Gasteiger partial charge in [-0.3, -0.25) is 0 Å². The second-order valence-corrected chi connectivity index (χ2v) is 4.94. The second-order valence-electron chi connectivity index (χ2n) is 4.94. The first-order valence-corrected chi connectivity index (χ1v) is 6.37. The Kier molecular flexibility index (Phi) is 3.41. The molecule has 1 aromatic carbocycles. The van der Waals surface area contributed by atoms with E-state index >= 15 is 0 Å². The highest BCUT2D eigenvalue weighted by atomic mass is 16.3. The van der Waals surface area contributed by atoms with Gasteiger partial charge in [0.1, 0.15) is 11.5 Å². The molecule has 1 saturated carbocycles. The molecule has 2 rings (SSSR count). The molecule has 0 radical (unpaired) electrons. The van der Waals surface area contributed by atoms with Crippen LogP contribution in [0, 0.1) is 0 Å². The van der Waals surface area contributed by atoms with E-state index in [1.165, 1.54) is 18.9 Å². The Hall–Kier alpha value is -1.44. The lowest BCUT2D eigenvalue weighted by Crippen LogP contribution is -2.01. The third-order valence-electron chi connectivity index (χ3n) is 3.43. The third kappa shape index (κ3) is 2.82. The second kappa shape index (κ2) is 4.82. The van der Waals surface area contributed by atoms with Gasteiger partial charge in [-0.2, -0.15) is 0 Å². The van der Waals surface area contributed by atoms with Crippen molar-refractivity contribution in [1.29, 1.82) is 0 Å².